The zero-order valence-corrected chi connectivity index (χ0v) is 14.7. The maximum Gasteiger partial charge on any atom is 0.241 e. The Bertz CT molecular complexity index is 573. The third-order valence-corrected chi connectivity index (χ3v) is 5.96. The van der Waals surface area contributed by atoms with E-state index in [2.05, 4.69) is 21.2 Å². The molecule has 1 aromatic rings. The van der Waals surface area contributed by atoms with Crippen LogP contribution < -0.4 is 11.1 Å². The van der Waals surface area contributed by atoms with Crippen molar-refractivity contribution < 1.29 is 9.53 Å². The van der Waals surface area contributed by atoms with E-state index in [1.807, 2.05) is 38.1 Å². The normalized spacial score (nSPS) is 32.7. The topological polar surface area (TPSA) is 64.3 Å². The first-order chi connectivity index (χ1) is 10.4. The SMILES string of the molecule is CC1(C)C2OCCCC2C1(N)C(=O)NCc1ccc(Br)cc1. The van der Waals surface area contributed by atoms with Crippen LogP contribution in [-0.2, 0) is 16.1 Å². The zero-order valence-electron chi connectivity index (χ0n) is 13.1. The second-order valence-corrected chi connectivity index (χ2v) is 7.86. The summed E-state index contributed by atoms with van der Waals surface area (Å²) in [4.78, 5) is 12.8. The molecule has 0 aromatic heterocycles. The van der Waals surface area contributed by atoms with Gasteiger partial charge < -0.3 is 15.8 Å². The van der Waals surface area contributed by atoms with Crippen molar-refractivity contribution in [1.82, 2.24) is 5.32 Å². The van der Waals surface area contributed by atoms with Crippen LogP contribution in [0.3, 0.4) is 0 Å². The molecule has 3 atom stereocenters. The molecule has 2 aliphatic rings. The van der Waals surface area contributed by atoms with E-state index in [1.165, 1.54) is 0 Å². The maximum atomic E-state index is 12.8. The summed E-state index contributed by atoms with van der Waals surface area (Å²) in [6.45, 7) is 5.36. The highest BCUT2D eigenvalue weighted by Gasteiger charge is 2.70. The Morgan fingerprint density at radius 3 is 2.77 bits per heavy atom. The largest absolute Gasteiger partial charge is 0.377 e. The van der Waals surface area contributed by atoms with Crippen LogP contribution in [0.2, 0.25) is 0 Å². The monoisotopic (exact) mass is 366 g/mol. The van der Waals surface area contributed by atoms with Crippen LogP contribution in [0.15, 0.2) is 28.7 Å². The minimum absolute atomic E-state index is 0.0628. The van der Waals surface area contributed by atoms with E-state index in [0.29, 0.717) is 6.54 Å². The lowest BCUT2D eigenvalue weighted by Crippen LogP contribution is -2.82. The second kappa shape index (κ2) is 5.62. The molecule has 1 heterocycles. The van der Waals surface area contributed by atoms with Crippen molar-refractivity contribution in [2.24, 2.45) is 17.1 Å². The molecule has 120 valence electrons. The maximum absolute atomic E-state index is 12.8. The first kappa shape index (κ1) is 16.0. The molecule has 4 nitrogen and oxygen atoms in total. The van der Waals surface area contributed by atoms with E-state index < -0.39 is 5.54 Å². The van der Waals surface area contributed by atoms with Gasteiger partial charge in [-0.3, -0.25) is 4.79 Å². The number of carbonyl (C=O) groups excluding carboxylic acids is 1. The van der Waals surface area contributed by atoms with E-state index in [9.17, 15) is 4.79 Å². The predicted octanol–water partition coefficient (Wildman–Crippen LogP) is 2.60. The molecule has 1 saturated carbocycles. The third-order valence-electron chi connectivity index (χ3n) is 5.43. The number of fused-ring (bicyclic) bond motifs is 1. The Balaban J connectivity index is 1.69. The molecule has 1 aromatic carbocycles. The summed E-state index contributed by atoms with van der Waals surface area (Å²) in [5.41, 5.74) is 6.46. The summed E-state index contributed by atoms with van der Waals surface area (Å²) < 4.78 is 6.88. The lowest BCUT2D eigenvalue weighted by Gasteiger charge is -2.65. The van der Waals surface area contributed by atoms with Crippen molar-refractivity contribution in [2.75, 3.05) is 6.61 Å². The zero-order chi connectivity index (χ0) is 16.0. The standard InChI is InChI=1S/C17H23BrN2O2/c1-16(2)14-13(4-3-9-22-14)17(16,19)15(21)20-10-11-5-7-12(18)8-6-11/h5-8,13-14H,3-4,9-10,19H2,1-2H3,(H,20,21). The molecule has 0 spiro atoms. The van der Waals surface area contributed by atoms with Gasteiger partial charge in [0.25, 0.3) is 0 Å². The number of nitrogens with two attached hydrogens (primary N) is 1. The molecular weight excluding hydrogens is 344 g/mol. The quantitative estimate of drug-likeness (QED) is 0.863. The summed E-state index contributed by atoms with van der Waals surface area (Å²) in [6, 6.07) is 7.92. The predicted molar refractivity (Wildman–Crippen MR) is 89.2 cm³/mol. The van der Waals surface area contributed by atoms with Gasteiger partial charge in [-0.25, -0.2) is 0 Å². The van der Waals surface area contributed by atoms with Crippen LogP contribution in [0.5, 0.6) is 0 Å². The summed E-state index contributed by atoms with van der Waals surface area (Å²) in [5, 5.41) is 3.01. The Morgan fingerprint density at radius 2 is 2.09 bits per heavy atom. The Kier molecular flexibility index (Phi) is 4.08. The molecule has 1 amide bonds. The van der Waals surface area contributed by atoms with E-state index in [-0.39, 0.29) is 23.3 Å². The molecule has 0 bridgehead atoms. The molecule has 5 heteroatoms. The average molecular weight is 367 g/mol. The van der Waals surface area contributed by atoms with Crippen LogP contribution in [-0.4, -0.2) is 24.2 Å². The fourth-order valence-electron chi connectivity index (χ4n) is 3.97. The highest BCUT2D eigenvalue weighted by atomic mass is 79.9. The number of benzene rings is 1. The molecule has 3 N–H and O–H groups in total. The van der Waals surface area contributed by atoms with Gasteiger partial charge in [0.05, 0.1) is 6.10 Å². The van der Waals surface area contributed by atoms with Crippen LogP contribution in [0.25, 0.3) is 0 Å². The molecule has 1 saturated heterocycles. The molecule has 2 fully saturated rings. The lowest BCUT2D eigenvalue weighted by molar-refractivity contribution is -0.225. The number of carbonyl (C=O) groups is 1. The highest BCUT2D eigenvalue weighted by molar-refractivity contribution is 9.10. The number of rotatable bonds is 3. The number of hydrogen-bond acceptors (Lipinski definition) is 3. The first-order valence-corrected chi connectivity index (χ1v) is 8.60. The Labute approximate surface area is 139 Å². The van der Waals surface area contributed by atoms with Gasteiger partial charge in [0, 0.05) is 29.0 Å². The van der Waals surface area contributed by atoms with Crippen molar-refractivity contribution in [3.05, 3.63) is 34.3 Å². The number of amides is 1. The van der Waals surface area contributed by atoms with Crippen molar-refractivity contribution in [3.63, 3.8) is 0 Å². The van der Waals surface area contributed by atoms with Crippen LogP contribution in [0, 0.1) is 11.3 Å². The molecule has 1 aliphatic heterocycles. The smallest absolute Gasteiger partial charge is 0.241 e. The van der Waals surface area contributed by atoms with Gasteiger partial charge in [-0.05, 0) is 30.5 Å². The van der Waals surface area contributed by atoms with Crippen molar-refractivity contribution >= 4 is 21.8 Å². The Morgan fingerprint density at radius 1 is 1.41 bits per heavy atom. The van der Waals surface area contributed by atoms with Crippen LogP contribution in [0.4, 0.5) is 0 Å². The van der Waals surface area contributed by atoms with Crippen LogP contribution >= 0.6 is 15.9 Å². The number of ether oxygens (including phenoxy) is 1. The first-order valence-electron chi connectivity index (χ1n) is 7.80. The van der Waals surface area contributed by atoms with Gasteiger partial charge in [0.1, 0.15) is 5.54 Å². The average Bonchev–Trinajstić information content (AvgIpc) is 2.53. The van der Waals surface area contributed by atoms with Crippen molar-refractivity contribution in [2.45, 2.75) is 44.9 Å². The van der Waals surface area contributed by atoms with Gasteiger partial charge in [0.2, 0.25) is 5.91 Å². The molecule has 1 aliphatic carbocycles. The molecular formula is C17H23BrN2O2. The minimum atomic E-state index is -0.840. The van der Waals surface area contributed by atoms with Gasteiger partial charge in [-0.1, -0.05) is 41.9 Å². The van der Waals surface area contributed by atoms with Gasteiger partial charge in [0.15, 0.2) is 0 Å². The summed E-state index contributed by atoms with van der Waals surface area (Å²) in [5.74, 6) is 0.0633. The van der Waals surface area contributed by atoms with Gasteiger partial charge in [-0.2, -0.15) is 0 Å². The van der Waals surface area contributed by atoms with Crippen molar-refractivity contribution in [1.29, 1.82) is 0 Å². The number of nitrogens with one attached hydrogen (secondary N) is 1. The van der Waals surface area contributed by atoms with Gasteiger partial charge in [-0.15, -0.1) is 0 Å². The summed E-state index contributed by atoms with van der Waals surface area (Å²) in [6.07, 6.45) is 2.05. The molecule has 3 unspecified atom stereocenters. The van der Waals surface area contributed by atoms with Crippen molar-refractivity contribution in [3.8, 4) is 0 Å². The molecule has 22 heavy (non-hydrogen) atoms. The fourth-order valence-corrected chi connectivity index (χ4v) is 4.23. The Hall–Kier alpha value is -0.910. The molecule has 0 radical (unpaired) electrons. The van der Waals surface area contributed by atoms with E-state index in [1.54, 1.807) is 0 Å². The second-order valence-electron chi connectivity index (χ2n) is 6.94. The van der Waals surface area contributed by atoms with E-state index in [0.717, 1.165) is 29.5 Å². The van der Waals surface area contributed by atoms with Gasteiger partial charge >= 0.3 is 0 Å². The van der Waals surface area contributed by atoms with E-state index in [4.69, 9.17) is 10.5 Å². The highest BCUT2D eigenvalue weighted by Crippen LogP contribution is 2.57. The van der Waals surface area contributed by atoms with E-state index >= 15 is 0 Å². The summed E-state index contributed by atoms with van der Waals surface area (Å²) in [7, 11) is 0. The molecule has 3 rings (SSSR count). The third kappa shape index (κ3) is 2.30. The fraction of sp³-hybridized carbons (Fsp3) is 0.588. The number of halogens is 1. The summed E-state index contributed by atoms with van der Waals surface area (Å²) >= 11 is 3.41. The minimum Gasteiger partial charge on any atom is -0.377 e. The van der Waals surface area contributed by atoms with Crippen LogP contribution in [0.1, 0.15) is 32.3 Å². The number of hydrogen-bond donors (Lipinski definition) is 2. The lowest BCUT2D eigenvalue weighted by atomic mass is 9.46.